The molecule has 0 aromatic heterocycles. The van der Waals surface area contributed by atoms with Crippen molar-refractivity contribution < 1.29 is 0 Å². The fourth-order valence-corrected chi connectivity index (χ4v) is 3.34. The zero-order chi connectivity index (χ0) is 13.0. The highest BCUT2D eigenvalue weighted by atomic mass is 79.9. The molecule has 2 rings (SSSR count). The monoisotopic (exact) mass is 309 g/mol. The average molecular weight is 310 g/mol. The van der Waals surface area contributed by atoms with Crippen LogP contribution in [0.3, 0.4) is 0 Å². The quantitative estimate of drug-likeness (QED) is 0.751. The molecule has 0 bridgehead atoms. The lowest BCUT2D eigenvalue weighted by molar-refractivity contribution is 0.168. The van der Waals surface area contributed by atoms with E-state index in [9.17, 15) is 0 Å². The standard InChI is InChI=1S/C16H24BrN/c1-13(2)11-18(15-8-4-5-9-15)12-14-7-3-6-10-16(14)17/h3,6-7,10,13,15H,4-5,8-9,11-12H2,1-2H3. The van der Waals surface area contributed by atoms with Crippen molar-refractivity contribution in [2.75, 3.05) is 6.54 Å². The predicted molar refractivity (Wildman–Crippen MR) is 81.6 cm³/mol. The molecule has 1 fully saturated rings. The smallest absolute Gasteiger partial charge is 0.0247 e. The zero-order valence-corrected chi connectivity index (χ0v) is 13.1. The molecule has 0 N–H and O–H groups in total. The van der Waals surface area contributed by atoms with E-state index in [2.05, 4.69) is 58.9 Å². The van der Waals surface area contributed by atoms with Crippen LogP contribution < -0.4 is 0 Å². The number of hydrogen-bond donors (Lipinski definition) is 0. The zero-order valence-electron chi connectivity index (χ0n) is 11.5. The Bertz CT molecular complexity index is 369. The van der Waals surface area contributed by atoms with Crippen molar-refractivity contribution in [3.63, 3.8) is 0 Å². The first kappa shape index (κ1) is 14.1. The Labute approximate surface area is 120 Å². The van der Waals surface area contributed by atoms with Crippen LogP contribution in [0.15, 0.2) is 28.7 Å². The van der Waals surface area contributed by atoms with Crippen molar-refractivity contribution in [1.29, 1.82) is 0 Å². The van der Waals surface area contributed by atoms with Gasteiger partial charge in [0.2, 0.25) is 0 Å². The third-order valence-corrected chi connectivity index (χ3v) is 4.55. The summed E-state index contributed by atoms with van der Waals surface area (Å²) >= 11 is 3.67. The van der Waals surface area contributed by atoms with Crippen LogP contribution in [0.5, 0.6) is 0 Å². The van der Waals surface area contributed by atoms with Crippen LogP contribution in [0.1, 0.15) is 45.1 Å². The lowest BCUT2D eigenvalue weighted by atomic mass is 10.1. The third kappa shape index (κ3) is 3.83. The van der Waals surface area contributed by atoms with Crippen LogP contribution in [-0.2, 0) is 6.54 Å². The van der Waals surface area contributed by atoms with Crippen LogP contribution in [0, 0.1) is 5.92 Å². The number of hydrogen-bond acceptors (Lipinski definition) is 1. The Hall–Kier alpha value is -0.340. The molecule has 0 heterocycles. The SMILES string of the molecule is CC(C)CN(Cc1ccccc1Br)C1CCCC1. The largest absolute Gasteiger partial charge is 0.296 e. The molecule has 1 aromatic carbocycles. The van der Waals surface area contributed by atoms with Crippen molar-refractivity contribution in [2.24, 2.45) is 5.92 Å². The number of nitrogens with zero attached hydrogens (tertiary/aromatic N) is 1. The molecule has 1 saturated carbocycles. The van der Waals surface area contributed by atoms with Crippen LogP contribution in [-0.4, -0.2) is 17.5 Å². The Morgan fingerprint density at radius 3 is 2.50 bits per heavy atom. The van der Waals surface area contributed by atoms with E-state index in [1.165, 1.54) is 42.3 Å². The van der Waals surface area contributed by atoms with E-state index in [1.807, 2.05) is 0 Å². The van der Waals surface area contributed by atoms with Gasteiger partial charge >= 0.3 is 0 Å². The molecule has 1 aliphatic rings. The van der Waals surface area contributed by atoms with Gasteiger partial charge in [0.1, 0.15) is 0 Å². The fourth-order valence-electron chi connectivity index (χ4n) is 2.93. The Morgan fingerprint density at radius 1 is 1.22 bits per heavy atom. The predicted octanol–water partition coefficient (Wildman–Crippen LogP) is 4.85. The number of rotatable bonds is 5. The van der Waals surface area contributed by atoms with Gasteiger partial charge in [-0.25, -0.2) is 0 Å². The van der Waals surface area contributed by atoms with Crippen LogP contribution in [0.2, 0.25) is 0 Å². The Morgan fingerprint density at radius 2 is 1.89 bits per heavy atom. The molecule has 18 heavy (non-hydrogen) atoms. The summed E-state index contributed by atoms with van der Waals surface area (Å²) in [6, 6.07) is 9.43. The highest BCUT2D eigenvalue weighted by Crippen LogP contribution is 2.27. The molecule has 1 nitrogen and oxygen atoms in total. The minimum Gasteiger partial charge on any atom is -0.296 e. The summed E-state index contributed by atoms with van der Waals surface area (Å²) in [5, 5.41) is 0. The van der Waals surface area contributed by atoms with Crippen molar-refractivity contribution >= 4 is 15.9 Å². The first-order valence-corrected chi connectivity index (χ1v) is 7.93. The van der Waals surface area contributed by atoms with Crippen molar-refractivity contribution in [3.8, 4) is 0 Å². The van der Waals surface area contributed by atoms with Crippen molar-refractivity contribution in [2.45, 2.75) is 52.1 Å². The van der Waals surface area contributed by atoms with E-state index in [0.717, 1.165) is 18.5 Å². The lowest BCUT2D eigenvalue weighted by Gasteiger charge is -2.30. The molecule has 0 aliphatic heterocycles. The number of benzene rings is 1. The molecule has 0 unspecified atom stereocenters. The van der Waals surface area contributed by atoms with E-state index in [4.69, 9.17) is 0 Å². The third-order valence-electron chi connectivity index (χ3n) is 3.77. The van der Waals surface area contributed by atoms with Gasteiger partial charge in [0, 0.05) is 23.6 Å². The second kappa shape index (κ2) is 6.72. The van der Waals surface area contributed by atoms with Gasteiger partial charge in [-0.3, -0.25) is 4.90 Å². The minimum absolute atomic E-state index is 0.744. The second-order valence-electron chi connectivity index (χ2n) is 5.85. The van der Waals surface area contributed by atoms with Gasteiger partial charge in [0.05, 0.1) is 0 Å². The molecule has 0 saturated heterocycles. The number of halogens is 1. The highest BCUT2D eigenvalue weighted by Gasteiger charge is 2.23. The Balaban J connectivity index is 2.06. The summed E-state index contributed by atoms with van der Waals surface area (Å²) in [6.45, 7) is 6.94. The van der Waals surface area contributed by atoms with E-state index >= 15 is 0 Å². The maximum Gasteiger partial charge on any atom is 0.0247 e. The van der Waals surface area contributed by atoms with Crippen LogP contribution in [0.4, 0.5) is 0 Å². The fraction of sp³-hybridized carbons (Fsp3) is 0.625. The molecule has 0 spiro atoms. The molecule has 1 aromatic rings. The molecule has 0 radical (unpaired) electrons. The van der Waals surface area contributed by atoms with E-state index in [1.54, 1.807) is 0 Å². The summed E-state index contributed by atoms with van der Waals surface area (Å²) in [6.07, 6.45) is 5.60. The molecule has 2 heteroatoms. The van der Waals surface area contributed by atoms with Gasteiger partial charge in [0.25, 0.3) is 0 Å². The summed E-state index contributed by atoms with van der Waals surface area (Å²) in [5.74, 6) is 0.744. The van der Waals surface area contributed by atoms with E-state index < -0.39 is 0 Å². The van der Waals surface area contributed by atoms with Crippen LogP contribution >= 0.6 is 15.9 Å². The minimum atomic E-state index is 0.744. The lowest BCUT2D eigenvalue weighted by Crippen LogP contribution is -2.35. The molecule has 100 valence electrons. The average Bonchev–Trinajstić information content (AvgIpc) is 2.84. The summed E-state index contributed by atoms with van der Waals surface area (Å²) in [7, 11) is 0. The van der Waals surface area contributed by atoms with E-state index in [-0.39, 0.29) is 0 Å². The van der Waals surface area contributed by atoms with Crippen molar-refractivity contribution in [1.82, 2.24) is 4.90 Å². The summed E-state index contributed by atoms with van der Waals surface area (Å²) in [5.41, 5.74) is 1.42. The van der Waals surface area contributed by atoms with Gasteiger partial charge in [0.15, 0.2) is 0 Å². The molecule has 0 amide bonds. The van der Waals surface area contributed by atoms with Gasteiger partial charge < -0.3 is 0 Å². The molecular weight excluding hydrogens is 286 g/mol. The first-order chi connectivity index (χ1) is 8.66. The maximum absolute atomic E-state index is 3.67. The van der Waals surface area contributed by atoms with Crippen molar-refractivity contribution in [3.05, 3.63) is 34.3 Å². The van der Waals surface area contributed by atoms with Gasteiger partial charge in [-0.15, -0.1) is 0 Å². The summed E-state index contributed by atoms with van der Waals surface area (Å²) in [4.78, 5) is 2.69. The molecule has 1 aliphatic carbocycles. The van der Waals surface area contributed by atoms with Gasteiger partial charge in [-0.2, -0.15) is 0 Å². The first-order valence-electron chi connectivity index (χ1n) is 7.14. The molecule has 0 atom stereocenters. The topological polar surface area (TPSA) is 3.24 Å². The second-order valence-corrected chi connectivity index (χ2v) is 6.71. The van der Waals surface area contributed by atoms with E-state index in [0.29, 0.717) is 0 Å². The van der Waals surface area contributed by atoms with Gasteiger partial charge in [-0.1, -0.05) is 60.8 Å². The van der Waals surface area contributed by atoms with Crippen LogP contribution in [0.25, 0.3) is 0 Å². The summed E-state index contributed by atoms with van der Waals surface area (Å²) < 4.78 is 1.25. The normalized spacial score (nSPS) is 16.9. The van der Waals surface area contributed by atoms with Gasteiger partial charge in [-0.05, 0) is 30.4 Å². The maximum atomic E-state index is 3.67. The highest BCUT2D eigenvalue weighted by molar-refractivity contribution is 9.10. The molecular formula is C16H24BrN. The Kier molecular flexibility index (Phi) is 5.25.